The first-order valence-electron chi connectivity index (χ1n) is 6.86. The predicted octanol–water partition coefficient (Wildman–Crippen LogP) is 1.11. The molecule has 130 valence electrons. The van der Waals surface area contributed by atoms with Crippen LogP contribution in [0.2, 0.25) is 0 Å². The van der Waals surface area contributed by atoms with E-state index < -0.39 is 28.0 Å². The van der Waals surface area contributed by atoms with Gasteiger partial charge in [-0.2, -0.15) is 4.98 Å². The maximum Gasteiger partial charge on any atom is 0.395 e. The van der Waals surface area contributed by atoms with E-state index in [1.165, 1.54) is 19.3 Å². The summed E-state index contributed by atoms with van der Waals surface area (Å²) in [5, 5.41) is 20.1. The van der Waals surface area contributed by atoms with Crippen molar-refractivity contribution in [1.82, 2.24) is 9.97 Å². The van der Waals surface area contributed by atoms with Gasteiger partial charge in [0, 0.05) is 0 Å². The fraction of sp³-hybridized carbons (Fsp3) is 0.133. The Kier molecular flexibility index (Phi) is 5.46. The Balaban J connectivity index is 2.18. The topological polar surface area (TPSA) is 145 Å². The van der Waals surface area contributed by atoms with Crippen LogP contribution < -0.4 is 10.3 Å². The Labute approximate surface area is 140 Å². The lowest BCUT2D eigenvalue weighted by molar-refractivity contribution is -0.387. The molecule has 0 spiro atoms. The Morgan fingerprint density at radius 3 is 2.84 bits per heavy atom. The van der Waals surface area contributed by atoms with Gasteiger partial charge in [0.25, 0.3) is 5.88 Å². The summed E-state index contributed by atoms with van der Waals surface area (Å²) in [6, 6.07) is 6.64. The van der Waals surface area contributed by atoms with Crippen LogP contribution in [0.15, 0.2) is 29.1 Å². The molecule has 0 saturated carbocycles. The monoisotopic (exact) mass is 347 g/mol. The number of benzene rings is 1. The lowest BCUT2D eigenvalue weighted by atomic mass is 10.2. The zero-order valence-electron chi connectivity index (χ0n) is 13.0. The second kappa shape index (κ2) is 7.73. The number of H-pyrrole nitrogens is 1. The van der Waals surface area contributed by atoms with Crippen molar-refractivity contribution in [2.45, 2.75) is 0 Å². The number of ether oxygens (including phenoxy) is 2. The standard InChI is InChI=1S/C15H13N3O7/c1-24-12(19)8-25-10-4-2-3-9(7-10)5-6-11-16-14(20)13(18(22)23)15(21)17-11/h2-7H,8H2,1H3,(H2,16,17,20,21)/b6-5+. The molecule has 10 heteroatoms. The van der Waals surface area contributed by atoms with E-state index in [2.05, 4.69) is 14.7 Å². The number of methoxy groups -OCH3 is 1. The second-order valence-electron chi connectivity index (χ2n) is 4.65. The molecule has 1 aromatic heterocycles. The van der Waals surface area contributed by atoms with Crippen molar-refractivity contribution < 1.29 is 24.3 Å². The molecule has 0 fully saturated rings. The SMILES string of the molecule is COC(=O)COc1cccc(/C=C/c2nc(O)c([N+](=O)[O-])c(=O)[nH]2)c1. The van der Waals surface area contributed by atoms with Gasteiger partial charge in [-0.1, -0.05) is 18.2 Å². The number of esters is 1. The minimum absolute atomic E-state index is 0.0611. The van der Waals surface area contributed by atoms with Crippen LogP contribution >= 0.6 is 0 Å². The first kappa shape index (κ1) is 17.7. The van der Waals surface area contributed by atoms with Gasteiger partial charge in [-0.25, -0.2) is 4.79 Å². The quantitative estimate of drug-likeness (QED) is 0.449. The molecule has 2 aromatic rings. The normalized spacial score (nSPS) is 10.6. The number of nitrogens with zero attached hydrogens (tertiary/aromatic N) is 2. The molecule has 0 aliphatic heterocycles. The molecule has 2 N–H and O–H groups in total. The third-order valence-electron chi connectivity index (χ3n) is 2.95. The highest BCUT2D eigenvalue weighted by Gasteiger charge is 2.21. The average molecular weight is 347 g/mol. The lowest BCUT2D eigenvalue weighted by Gasteiger charge is -2.05. The first-order chi connectivity index (χ1) is 11.9. The van der Waals surface area contributed by atoms with Crippen molar-refractivity contribution in [1.29, 1.82) is 0 Å². The fourth-order valence-corrected chi connectivity index (χ4v) is 1.80. The molecule has 10 nitrogen and oxygen atoms in total. The number of aromatic nitrogens is 2. The maximum absolute atomic E-state index is 11.6. The summed E-state index contributed by atoms with van der Waals surface area (Å²) in [7, 11) is 1.25. The summed E-state index contributed by atoms with van der Waals surface area (Å²) in [5.74, 6) is -1.14. The van der Waals surface area contributed by atoms with Crippen molar-refractivity contribution in [3.05, 3.63) is 56.1 Å². The van der Waals surface area contributed by atoms with Gasteiger partial charge in [-0.3, -0.25) is 14.9 Å². The molecular weight excluding hydrogens is 334 g/mol. The Hall–Kier alpha value is -3.69. The van der Waals surface area contributed by atoms with Gasteiger partial charge in [0.05, 0.1) is 12.0 Å². The summed E-state index contributed by atoms with van der Waals surface area (Å²) in [6.07, 6.45) is 2.89. The van der Waals surface area contributed by atoms with Crippen molar-refractivity contribution >= 4 is 23.8 Å². The second-order valence-corrected chi connectivity index (χ2v) is 4.65. The number of hydrogen-bond acceptors (Lipinski definition) is 8. The van der Waals surface area contributed by atoms with Gasteiger partial charge in [0.2, 0.25) is 0 Å². The summed E-state index contributed by atoms with van der Waals surface area (Å²) >= 11 is 0. The zero-order valence-corrected chi connectivity index (χ0v) is 13.0. The zero-order chi connectivity index (χ0) is 18.4. The van der Waals surface area contributed by atoms with Crippen LogP contribution in [0.1, 0.15) is 11.4 Å². The van der Waals surface area contributed by atoms with E-state index in [1.54, 1.807) is 24.3 Å². The average Bonchev–Trinajstić information content (AvgIpc) is 2.57. The van der Waals surface area contributed by atoms with Gasteiger partial charge in [-0.15, -0.1) is 0 Å². The Morgan fingerprint density at radius 1 is 1.44 bits per heavy atom. The van der Waals surface area contributed by atoms with Crippen LogP contribution in [0.25, 0.3) is 12.2 Å². The maximum atomic E-state index is 11.6. The number of nitro groups is 1. The number of carbonyl (C=O) groups excluding carboxylic acids is 1. The summed E-state index contributed by atoms with van der Waals surface area (Å²) in [6.45, 7) is -0.241. The molecule has 0 atom stereocenters. The molecule has 0 unspecified atom stereocenters. The molecule has 2 rings (SSSR count). The highest BCUT2D eigenvalue weighted by atomic mass is 16.6. The van der Waals surface area contributed by atoms with Crippen LogP contribution in [-0.2, 0) is 9.53 Å². The smallest absolute Gasteiger partial charge is 0.395 e. The Bertz CT molecular complexity index is 889. The summed E-state index contributed by atoms with van der Waals surface area (Å²) in [4.78, 5) is 37.9. The van der Waals surface area contributed by atoms with Crippen LogP contribution in [0.5, 0.6) is 11.6 Å². The van der Waals surface area contributed by atoms with E-state index in [9.17, 15) is 24.8 Å². The fourth-order valence-electron chi connectivity index (χ4n) is 1.80. The number of carbonyl (C=O) groups is 1. The highest BCUT2D eigenvalue weighted by Crippen LogP contribution is 2.18. The van der Waals surface area contributed by atoms with Crippen LogP contribution in [0.4, 0.5) is 5.69 Å². The van der Waals surface area contributed by atoms with Crippen LogP contribution in [-0.4, -0.2) is 39.7 Å². The number of aromatic amines is 1. The van der Waals surface area contributed by atoms with Crippen LogP contribution in [0.3, 0.4) is 0 Å². The number of rotatable bonds is 6. The van der Waals surface area contributed by atoms with Gasteiger partial charge in [0.15, 0.2) is 6.61 Å². The van der Waals surface area contributed by atoms with E-state index in [4.69, 9.17) is 4.74 Å². The molecule has 25 heavy (non-hydrogen) atoms. The molecular formula is C15H13N3O7. The van der Waals surface area contributed by atoms with Gasteiger partial charge in [0.1, 0.15) is 11.6 Å². The molecule has 0 aliphatic rings. The van der Waals surface area contributed by atoms with Gasteiger partial charge >= 0.3 is 17.2 Å². The first-order valence-corrected chi connectivity index (χ1v) is 6.86. The minimum Gasteiger partial charge on any atom is -0.488 e. The molecule has 0 radical (unpaired) electrons. The van der Waals surface area contributed by atoms with E-state index in [0.29, 0.717) is 11.3 Å². The van der Waals surface area contributed by atoms with Gasteiger partial charge in [-0.05, 0) is 23.8 Å². The van der Waals surface area contributed by atoms with Crippen LogP contribution in [0, 0.1) is 10.1 Å². The van der Waals surface area contributed by atoms with E-state index in [1.807, 2.05) is 0 Å². The molecule has 0 bridgehead atoms. The summed E-state index contributed by atoms with van der Waals surface area (Å²) < 4.78 is 9.70. The Morgan fingerprint density at radius 2 is 2.20 bits per heavy atom. The van der Waals surface area contributed by atoms with E-state index in [0.717, 1.165) is 0 Å². The third-order valence-corrected chi connectivity index (χ3v) is 2.95. The largest absolute Gasteiger partial charge is 0.488 e. The van der Waals surface area contributed by atoms with Crippen molar-refractivity contribution in [3.8, 4) is 11.6 Å². The van der Waals surface area contributed by atoms with Crippen molar-refractivity contribution in [2.24, 2.45) is 0 Å². The van der Waals surface area contributed by atoms with E-state index in [-0.39, 0.29) is 12.4 Å². The number of aromatic hydroxyl groups is 1. The number of hydrogen-bond donors (Lipinski definition) is 2. The molecule has 0 aliphatic carbocycles. The minimum atomic E-state index is -1.06. The lowest BCUT2D eigenvalue weighted by Crippen LogP contribution is -2.14. The molecule has 0 saturated heterocycles. The predicted molar refractivity (Wildman–Crippen MR) is 86.1 cm³/mol. The van der Waals surface area contributed by atoms with E-state index >= 15 is 0 Å². The third kappa shape index (κ3) is 4.64. The molecule has 0 amide bonds. The molecule has 1 aromatic carbocycles. The number of nitrogens with one attached hydrogen (secondary N) is 1. The summed E-state index contributed by atoms with van der Waals surface area (Å²) in [5.41, 5.74) is -1.44. The molecule has 1 heterocycles. The highest BCUT2D eigenvalue weighted by molar-refractivity contribution is 5.71. The van der Waals surface area contributed by atoms with Gasteiger partial charge < -0.3 is 19.6 Å². The van der Waals surface area contributed by atoms with Crippen molar-refractivity contribution in [3.63, 3.8) is 0 Å². The van der Waals surface area contributed by atoms with Crippen molar-refractivity contribution in [2.75, 3.05) is 13.7 Å².